The van der Waals surface area contributed by atoms with E-state index in [9.17, 15) is 0 Å². The molecule has 0 nitrogen and oxygen atoms in total. The Hall–Kier alpha value is -3.32. The van der Waals surface area contributed by atoms with E-state index in [1.54, 1.807) is 179 Å². The van der Waals surface area contributed by atoms with E-state index >= 15 is 0 Å². The van der Waals surface area contributed by atoms with Crippen LogP contribution in [0.2, 0.25) is 0 Å². The van der Waals surface area contributed by atoms with Gasteiger partial charge in [0.15, 0.2) is 0 Å². The van der Waals surface area contributed by atoms with Crippen molar-refractivity contribution in [3.05, 3.63) is 262 Å². The summed E-state index contributed by atoms with van der Waals surface area (Å²) in [5, 5.41) is 0. The summed E-state index contributed by atoms with van der Waals surface area (Å²) in [4.78, 5) is 0. The van der Waals surface area contributed by atoms with Crippen LogP contribution in [0.3, 0.4) is 0 Å². The average Bonchev–Trinajstić information content (AvgIpc) is 1.66. The molecule has 2 heterocycles. The summed E-state index contributed by atoms with van der Waals surface area (Å²) in [5.41, 5.74) is 34.1. The molecule has 0 N–H and O–H groups in total. The van der Waals surface area contributed by atoms with Crippen molar-refractivity contribution in [1.29, 1.82) is 0 Å². The maximum absolute atomic E-state index is 7.14. The second kappa shape index (κ2) is 44.5. The molecule has 6 fully saturated rings. The summed E-state index contributed by atoms with van der Waals surface area (Å²) >= 11 is 0. The van der Waals surface area contributed by atoms with Gasteiger partial charge in [0.25, 0.3) is 0 Å². The third kappa shape index (κ3) is 22.6. The number of benzene rings is 8. The Morgan fingerprint density at radius 2 is 0.500 bits per heavy atom. The molecule has 576 valence electrons. The van der Waals surface area contributed by atoms with Crippen molar-refractivity contribution in [1.82, 2.24) is 0 Å². The van der Waals surface area contributed by atoms with Gasteiger partial charge in [0.05, 0.1) is 69.9 Å². The van der Waals surface area contributed by atoms with Gasteiger partial charge in [-0.25, -0.2) is 0 Å². The summed E-state index contributed by atoms with van der Waals surface area (Å²) in [6.45, 7) is 10.2. The van der Waals surface area contributed by atoms with Crippen molar-refractivity contribution < 1.29 is 89.5 Å². The van der Waals surface area contributed by atoms with E-state index in [1.165, 1.54) is 112 Å². The minimum atomic E-state index is -0.0909. The molecule has 0 amide bonds. The molecule has 8 aromatic carbocycles. The van der Waals surface area contributed by atoms with E-state index in [2.05, 4.69) is 179 Å². The van der Waals surface area contributed by atoms with Crippen LogP contribution in [0.25, 0.3) is 44.5 Å². The van der Waals surface area contributed by atoms with Gasteiger partial charge < -0.3 is 25.7 Å². The Balaban J connectivity index is 0.000000151. The fourth-order valence-corrected chi connectivity index (χ4v) is 38.7. The van der Waals surface area contributed by atoms with Crippen molar-refractivity contribution in [2.75, 3.05) is 24.6 Å². The molecule has 2 aliphatic heterocycles. The Kier molecular flexibility index (Phi) is 36.5. The quantitative estimate of drug-likeness (QED) is 0.0554. The first-order valence-corrected chi connectivity index (χ1v) is 48.5. The van der Waals surface area contributed by atoms with Gasteiger partial charge in [0, 0.05) is 31.7 Å². The number of hydrogen-bond donors (Lipinski definition) is 0. The van der Waals surface area contributed by atoms with Gasteiger partial charge in [-0.15, -0.1) is 70.8 Å². The molecule has 8 heteroatoms. The maximum Gasteiger partial charge on any atom is 1.00 e. The van der Waals surface area contributed by atoms with Gasteiger partial charge in [-0.3, -0.25) is 23.7 Å². The van der Waals surface area contributed by atoms with E-state index in [-0.39, 0.29) is 121 Å². The topological polar surface area (TPSA) is 0 Å². The van der Waals surface area contributed by atoms with Crippen LogP contribution in [0.5, 0.6) is 0 Å². The third-order valence-corrected chi connectivity index (χ3v) is 43.3. The zero-order chi connectivity index (χ0) is 71.7. The summed E-state index contributed by atoms with van der Waals surface area (Å²) in [7, 11) is -0.133. The van der Waals surface area contributed by atoms with Crippen LogP contribution in [0.15, 0.2) is 170 Å². The molecular formula is C100H116Au4P4+4. The molecule has 8 aliphatic carbocycles. The second-order valence-corrected chi connectivity index (χ2v) is 46.5. The van der Waals surface area contributed by atoms with Crippen LogP contribution in [0.4, 0.5) is 0 Å². The Labute approximate surface area is 721 Å². The van der Waals surface area contributed by atoms with Crippen LogP contribution in [-0.2, 0) is 115 Å². The molecule has 108 heavy (non-hydrogen) atoms. The van der Waals surface area contributed by atoms with Crippen LogP contribution in [0, 0.1) is 49.4 Å². The second-order valence-electron chi connectivity index (χ2n) is 32.7. The summed E-state index contributed by atoms with van der Waals surface area (Å²) in [6, 6.07) is 58.3. The smallest absolute Gasteiger partial charge is 0.366 e. The van der Waals surface area contributed by atoms with Gasteiger partial charge in [-0.2, -0.15) is 0 Å². The molecule has 8 aromatic rings. The van der Waals surface area contributed by atoms with Crippen LogP contribution < -0.4 is 0 Å². The maximum atomic E-state index is 7.14. The zero-order valence-corrected chi connectivity index (χ0v) is 77.3. The van der Waals surface area contributed by atoms with Gasteiger partial charge >= 0.3 is 89.5 Å². The van der Waals surface area contributed by atoms with Crippen molar-refractivity contribution in [3.8, 4) is 68.2 Å². The van der Waals surface area contributed by atoms with E-state index < -0.39 is 0 Å². The minimum absolute atomic E-state index is 0. The Morgan fingerprint density at radius 1 is 0.269 bits per heavy atom. The molecule has 0 aromatic heterocycles. The van der Waals surface area contributed by atoms with Crippen LogP contribution in [-0.4, -0.2) is 69.9 Å². The molecule has 18 rings (SSSR count). The van der Waals surface area contributed by atoms with Crippen LogP contribution in [0.1, 0.15) is 249 Å². The molecule has 0 bridgehead atoms. The fourth-order valence-electron chi connectivity index (χ4n) is 20.5. The first-order chi connectivity index (χ1) is 51.0. The Morgan fingerprint density at radius 3 is 0.787 bits per heavy atom. The molecule has 0 unspecified atom stereocenters. The van der Waals surface area contributed by atoms with E-state index in [4.69, 9.17) is 25.7 Å². The summed E-state index contributed by atoms with van der Waals surface area (Å²) in [5.74, 6) is 9.75. The summed E-state index contributed by atoms with van der Waals surface area (Å²) < 4.78 is 0. The predicted octanol–water partition coefficient (Wildman–Crippen LogP) is 26.1. The molecule has 0 spiro atoms. The number of rotatable bonds is 10. The van der Waals surface area contributed by atoms with E-state index in [0.717, 1.165) is 70.6 Å². The number of fused-ring (bicyclic) bond motifs is 12. The van der Waals surface area contributed by atoms with E-state index in [1.807, 2.05) is 42.5 Å². The monoisotopic (exact) mass is 2230 g/mol. The molecular weight excluding hydrogens is 2110 g/mol. The number of hydrogen-bond acceptors (Lipinski definition) is 0. The zero-order valence-electron chi connectivity index (χ0n) is 64.6. The van der Waals surface area contributed by atoms with Crippen molar-refractivity contribution in [2.24, 2.45) is 0 Å². The third-order valence-electron chi connectivity index (χ3n) is 26.3. The van der Waals surface area contributed by atoms with Crippen molar-refractivity contribution >= 4 is 31.7 Å². The molecule has 4 saturated carbocycles. The Bertz CT molecular complexity index is 3990. The molecule has 10 aliphatic rings. The van der Waals surface area contributed by atoms with Gasteiger partial charge in [-0.1, -0.05) is 153 Å². The molecule has 0 radical (unpaired) electrons. The van der Waals surface area contributed by atoms with Gasteiger partial charge in [0.1, 0.15) is 0 Å². The first-order valence-electron chi connectivity index (χ1n) is 41.0. The average molecular weight is 2230 g/mol. The fraction of sp³-hybridized carbons (Fsp3) is 0.440. The standard InChI is InChI=1S/C26H48P2.4C15H9.C14H28P2.4Au/c1-5-13-23(14-6-1)27(24-15-7-2-8-16-24)21-22-28(25-17-9-3-10-18-25)26-19-11-4-12-20-26;1-2-11-7-8-15-13(9-11)10-12-5-3-4-6-14(12)15;3*1-2-11-7-8-13-10-12-5-3-4-6-14(12)15(13)9-11;1-11-5-6-12(2)15(11)9-10-16-13(3)7-8-14(16)4;;;;/h23-26H,1-22H2;4*3-9H,10H2;11-14H,5-10H2,1-4H3;;;;/q;4*-1;;4*+1/p+4/t;;;;;11-,12-,13-,14-;;;;/m.....0..../s1. The molecule has 2 saturated heterocycles. The molecule has 4 atom stereocenters. The van der Waals surface area contributed by atoms with Gasteiger partial charge in [-0.05, 0) is 265 Å². The van der Waals surface area contributed by atoms with E-state index in [0.29, 0.717) is 0 Å². The first kappa shape index (κ1) is 88.6. The van der Waals surface area contributed by atoms with Crippen LogP contribution >= 0.6 is 31.7 Å². The van der Waals surface area contributed by atoms with Crippen molar-refractivity contribution in [2.45, 2.75) is 253 Å². The minimum Gasteiger partial charge on any atom is -0.366 e. The van der Waals surface area contributed by atoms with Crippen molar-refractivity contribution in [3.63, 3.8) is 0 Å². The SMILES string of the molecule is C1CCC([PH+](CC[PH+](C2CCCCC2)C2CCCCC2)C2CCCCC2)CC1.C[C@H]1CC[C@H](C)[PH+]1CC[PH+]1[C@@H](C)CC[C@@H]1C.[Au+].[Au+].[Au+].[Au+].[C-]#Cc1ccc2c(c1)-c1ccccc1C2.[C-]#Cc1ccc2c(c1)-c1ccccc1C2.[C-]#Cc1ccc2c(c1)-c1ccccc1C2.[C-]#Cc1ccc2c(c1)Cc1ccccc1-2. The largest absolute Gasteiger partial charge is 1.00 e. The summed E-state index contributed by atoms with van der Waals surface area (Å²) in [6.07, 6.45) is 77.5. The normalized spacial score (nSPS) is 19.9. The predicted molar refractivity (Wildman–Crippen MR) is 460 cm³/mol. The van der Waals surface area contributed by atoms with Gasteiger partial charge in [0.2, 0.25) is 0 Å².